The third kappa shape index (κ3) is 3.13. The zero-order valence-corrected chi connectivity index (χ0v) is 12.0. The summed E-state index contributed by atoms with van der Waals surface area (Å²) in [6, 6.07) is 6.25. The van der Waals surface area contributed by atoms with Gasteiger partial charge in [0.05, 0.1) is 11.7 Å². The van der Waals surface area contributed by atoms with Gasteiger partial charge in [0, 0.05) is 25.3 Å². The fourth-order valence-electron chi connectivity index (χ4n) is 2.68. The van der Waals surface area contributed by atoms with Gasteiger partial charge in [-0.3, -0.25) is 14.7 Å². The van der Waals surface area contributed by atoms with Crippen LogP contribution in [0, 0.1) is 0 Å². The quantitative estimate of drug-likeness (QED) is 0.812. The summed E-state index contributed by atoms with van der Waals surface area (Å²) in [6.45, 7) is 8.76. The van der Waals surface area contributed by atoms with E-state index in [-0.39, 0.29) is 11.9 Å². The Balaban J connectivity index is 2.05. The molecule has 0 spiro atoms. The van der Waals surface area contributed by atoms with Crippen LogP contribution in [-0.4, -0.2) is 45.9 Å². The number of rotatable bonds is 5. The minimum absolute atomic E-state index is 0.0226. The Labute approximate surface area is 115 Å². The third-order valence-electron chi connectivity index (χ3n) is 3.77. The first-order chi connectivity index (χ1) is 9.13. The van der Waals surface area contributed by atoms with E-state index in [1.807, 2.05) is 23.1 Å². The predicted molar refractivity (Wildman–Crippen MR) is 75.6 cm³/mol. The van der Waals surface area contributed by atoms with E-state index in [1.54, 1.807) is 6.20 Å². The topological polar surface area (TPSA) is 36.4 Å². The van der Waals surface area contributed by atoms with E-state index >= 15 is 0 Å². The highest BCUT2D eigenvalue weighted by molar-refractivity contribution is 5.84. The molecule has 0 N–H and O–H groups in total. The van der Waals surface area contributed by atoms with Crippen LogP contribution < -0.4 is 0 Å². The van der Waals surface area contributed by atoms with Gasteiger partial charge in [0.1, 0.15) is 0 Å². The minimum atomic E-state index is 0.0226. The van der Waals surface area contributed by atoms with E-state index < -0.39 is 0 Å². The van der Waals surface area contributed by atoms with Crippen molar-refractivity contribution in [1.82, 2.24) is 14.8 Å². The van der Waals surface area contributed by atoms with Gasteiger partial charge in [0.15, 0.2) is 0 Å². The number of pyridine rings is 1. The van der Waals surface area contributed by atoms with Crippen molar-refractivity contribution in [3.8, 4) is 0 Å². The SMILES string of the molecule is CCN(Cc1ccccn1)[C@H]1CCN(C(C)C)C1=O. The Kier molecular flexibility index (Phi) is 4.53. The highest BCUT2D eigenvalue weighted by Crippen LogP contribution is 2.20. The molecule has 0 bridgehead atoms. The molecule has 0 saturated carbocycles. The Hall–Kier alpha value is -1.42. The number of aromatic nitrogens is 1. The normalized spacial score (nSPS) is 19.7. The number of nitrogens with zero attached hydrogens (tertiary/aromatic N) is 3. The lowest BCUT2D eigenvalue weighted by atomic mass is 10.2. The Bertz CT molecular complexity index is 419. The van der Waals surface area contributed by atoms with Crippen LogP contribution in [0.1, 0.15) is 32.9 Å². The largest absolute Gasteiger partial charge is 0.339 e. The number of hydrogen-bond acceptors (Lipinski definition) is 3. The van der Waals surface area contributed by atoms with Crippen molar-refractivity contribution in [2.75, 3.05) is 13.1 Å². The molecule has 1 aromatic rings. The lowest BCUT2D eigenvalue weighted by Crippen LogP contribution is -2.43. The number of amides is 1. The molecule has 2 rings (SSSR count). The highest BCUT2D eigenvalue weighted by Gasteiger charge is 2.36. The molecule has 0 aromatic carbocycles. The maximum absolute atomic E-state index is 12.4. The molecule has 1 fully saturated rings. The average Bonchev–Trinajstić information content (AvgIpc) is 2.79. The molecule has 2 heterocycles. The molecular weight excluding hydrogens is 238 g/mol. The van der Waals surface area contributed by atoms with E-state index in [2.05, 4.69) is 30.7 Å². The van der Waals surface area contributed by atoms with Crippen molar-refractivity contribution in [1.29, 1.82) is 0 Å². The number of carbonyl (C=O) groups is 1. The molecular formula is C15H23N3O. The summed E-state index contributed by atoms with van der Waals surface area (Å²) < 4.78 is 0. The van der Waals surface area contributed by atoms with Gasteiger partial charge in [-0.25, -0.2) is 0 Å². The van der Waals surface area contributed by atoms with Crippen molar-refractivity contribution in [2.45, 2.75) is 45.8 Å². The number of likely N-dealkylation sites (N-methyl/N-ethyl adjacent to an activating group) is 1. The molecule has 4 heteroatoms. The van der Waals surface area contributed by atoms with Crippen LogP contribution in [0.4, 0.5) is 0 Å². The summed E-state index contributed by atoms with van der Waals surface area (Å²) in [7, 11) is 0. The molecule has 1 atom stereocenters. The maximum Gasteiger partial charge on any atom is 0.240 e. The van der Waals surface area contributed by atoms with Gasteiger partial charge in [-0.05, 0) is 38.9 Å². The second kappa shape index (κ2) is 6.15. The van der Waals surface area contributed by atoms with Crippen LogP contribution in [-0.2, 0) is 11.3 Å². The van der Waals surface area contributed by atoms with Gasteiger partial charge in [-0.1, -0.05) is 13.0 Å². The minimum Gasteiger partial charge on any atom is -0.339 e. The average molecular weight is 261 g/mol. The van der Waals surface area contributed by atoms with Gasteiger partial charge in [0.2, 0.25) is 5.91 Å². The van der Waals surface area contributed by atoms with Gasteiger partial charge in [-0.15, -0.1) is 0 Å². The first-order valence-electron chi connectivity index (χ1n) is 7.08. The van der Waals surface area contributed by atoms with Crippen molar-refractivity contribution in [3.05, 3.63) is 30.1 Å². The van der Waals surface area contributed by atoms with Crippen LogP contribution >= 0.6 is 0 Å². The highest BCUT2D eigenvalue weighted by atomic mass is 16.2. The monoisotopic (exact) mass is 261 g/mol. The lowest BCUT2D eigenvalue weighted by Gasteiger charge is -2.27. The Morgan fingerprint density at radius 3 is 2.79 bits per heavy atom. The molecule has 1 aromatic heterocycles. The van der Waals surface area contributed by atoms with E-state index in [1.165, 1.54) is 0 Å². The molecule has 1 amide bonds. The zero-order chi connectivity index (χ0) is 13.8. The van der Waals surface area contributed by atoms with Gasteiger partial charge in [0.25, 0.3) is 0 Å². The van der Waals surface area contributed by atoms with Crippen molar-refractivity contribution >= 4 is 5.91 Å². The molecule has 104 valence electrons. The van der Waals surface area contributed by atoms with Gasteiger partial charge < -0.3 is 4.90 Å². The van der Waals surface area contributed by atoms with E-state index in [0.717, 1.165) is 31.7 Å². The fourth-order valence-corrected chi connectivity index (χ4v) is 2.68. The summed E-state index contributed by atoms with van der Waals surface area (Å²) in [5.74, 6) is 0.271. The molecule has 0 unspecified atom stereocenters. The number of likely N-dealkylation sites (tertiary alicyclic amines) is 1. The van der Waals surface area contributed by atoms with E-state index in [9.17, 15) is 4.79 Å². The summed E-state index contributed by atoms with van der Waals surface area (Å²) in [5, 5.41) is 0. The predicted octanol–water partition coefficient (Wildman–Crippen LogP) is 1.91. The smallest absolute Gasteiger partial charge is 0.240 e. The van der Waals surface area contributed by atoms with E-state index in [0.29, 0.717) is 6.04 Å². The fraction of sp³-hybridized carbons (Fsp3) is 0.600. The molecule has 19 heavy (non-hydrogen) atoms. The number of carbonyl (C=O) groups excluding carboxylic acids is 1. The Morgan fingerprint density at radius 2 is 2.26 bits per heavy atom. The Morgan fingerprint density at radius 1 is 1.47 bits per heavy atom. The molecule has 1 aliphatic heterocycles. The molecule has 0 aliphatic carbocycles. The summed E-state index contributed by atoms with van der Waals surface area (Å²) in [5.41, 5.74) is 1.03. The first-order valence-corrected chi connectivity index (χ1v) is 7.08. The van der Waals surface area contributed by atoms with Crippen molar-refractivity contribution in [3.63, 3.8) is 0 Å². The van der Waals surface area contributed by atoms with Crippen LogP contribution in [0.2, 0.25) is 0 Å². The molecule has 4 nitrogen and oxygen atoms in total. The third-order valence-corrected chi connectivity index (χ3v) is 3.77. The van der Waals surface area contributed by atoms with Gasteiger partial charge in [-0.2, -0.15) is 0 Å². The second-order valence-electron chi connectivity index (χ2n) is 5.31. The van der Waals surface area contributed by atoms with E-state index in [4.69, 9.17) is 0 Å². The van der Waals surface area contributed by atoms with Crippen LogP contribution in [0.3, 0.4) is 0 Å². The van der Waals surface area contributed by atoms with Crippen LogP contribution in [0.5, 0.6) is 0 Å². The standard InChI is InChI=1S/C15H23N3O/c1-4-17(11-13-7-5-6-9-16-13)14-8-10-18(12(2)3)15(14)19/h5-7,9,12,14H,4,8,10-11H2,1-3H3/t14-/m0/s1. The van der Waals surface area contributed by atoms with Crippen molar-refractivity contribution < 1.29 is 4.79 Å². The van der Waals surface area contributed by atoms with Crippen molar-refractivity contribution in [2.24, 2.45) is 0 Å². The lowest BCUT2D eigenvalue weighted by molar-refractivity contribution is -0.133. The first kappa shape index (κ1) is 14.0. The van der Waals surface area contributed by atoms with Crippen LogP contribution in [0.25, 0.3) is 0 Å². The molecule has 1 saturated heterocycles. The van der Waals surface area contributed by atoms with Crippen LogP contribution in [0.15, 0.2) is 24.4 Å². The molecule has 0 radical (unpaired) electrons. The summed E-state index contributed by atoms with van der Waals surface area (Å²) in [4.78, 5) is 21.0. The second-order valence-corrected chi connectivity index (χ2v) is 5.31. The summed E-state index contributed by atoms with van der Waals surface area (Å²) >= 11 is 0. The maximum atomic E-state index is 12.4. The van der Waals surface area contributed by atoms with Gasteiger partial charge >= 0.3 is 0 Å². The summed E-state index contributed by atoms with van der Waals surface area (Å²) in [6.07, 6.45) is 2.73. The number of hydrogen-bond donors (Lipinski definition) is 0. The zero-order valence-electron chi connectivity index (χ0n) is 12.0. The molecule has 1 aliphatic rings.